The third-order valence-corrected chi connectivity index (χ3v) is 19.6. The standard InChI is InChI=1S/C88H112O8/c1-81(2,3)65-37-49-25-50-30-59(75(91)66(38-50)82(4,5)6)46-60-33-53(41-69(76(60)92)85(13,14)15)27-54-34-63(79(95)70(42-54)86(16,17)18)48-64-36-56(44-72(80(64)96)88(22,23)24)28-55-35-62(78(94)71(43-55)87(19,20)21)47-61-32-52(40-68(77(61)93)84(10,11)12)26-51-31-58(45-57(29-49)73(65)89)74(90)67(39-51)83(7,8)9/h29-44,89-96H,25-28,45-48H2,1-24H3. The van der Waals surface area contributed by atoms with Crippen LogP contribution in [0.2, 0.25) is 0 Å². The fourth-order valence-corrected chi connectivity index (χ4v) is 14.3. The average Bonchev–Trinajstić information content (AvgIpc) is 0.784. The van der Waals surface area contributed by atoms with Crippen molar-refractivity contribution in [3.63, 3.8) is 0 Å². The van der Waals surface area contributed by atoms with E-state index in [0.29, 0.717) is 70.2 Å². The first kappa shape index (κ1) is 72.4. The lowest BCUT2D eigenvalue weighted by molar-refractivity contribution is 0.434. The van der Waals surface area contributed by atoms with Crippen molar-refractivity contribution >= 4 is 0 Å². The van der Waals surface area contributed by atoms with Gasteiger partial charge in [0, 0.05) is 25.7 Å². The third-order valence-electron chi connectivity index (χ3n) is 19.6. The quantitative estimate of drug-likeness (QED) is 0.0744. The molecule has 0 saturated heterocycles. The van der Waals surface area contributed by atoms with Crippen LogP contribution < -0.4 is 0 Å². The van der Waals surface area contributed by atoms with Crippen molar-refractivity contribution in [3.05, 3.63) is 231 Å². The fourth-order valence-electron chi connectivity index (χ4n) is 14.3. The molecule has 0 aromatic heterocycles. The van der Waals surface area contributed by atoms with Crippen LogP contribution in [0, 0.1) is 0 Å². The number of fused-ring (bicyclic) bond motifs is 16. The molecule has 0 radical (unpaired) electrons. The monoisotopic (exact) mass is 1300 g/mol. The summed E-state index contributed by atoms with van der Waals surface area (Å²) in [7, 11) is 0. The normalized spacial score (nSPS) is 14.2. The fraction of sp³-hybridized carbons (Fsp3) is 0.455. The zero-order valence-electron chi connectivity index (χ0n) is 62.5. The van der Waals surface area contributed by atoms with Crippen LogP contribution in [0.5, 0.6) is 46.0 Å². The molecule has 8 N–H and O–H groups in total. The van der Waals surface area contributed by atoms with Crippen LogP contribution in [0.3, 0.4) is 0 Å². The summed E-state index contributed by atoms with van der Waals surface area (Å²) >= 11 is 0. The summed E-state index contributed by atoms with van der Waals surface area (Å²) in [5.74, 6) is 1.43. The van der Waals surface area contributed by atoms with Gasteiger partial charge in [-0.1, -0.05) is 263 Å². The number of hydrogen-bond donors (Lipinski definition) is 8. The van der Waals surface area contributed by atoms with E-state index in [1.54, 1.807) is 0 Å². The first-order valence-corrected chi connectivity index (χ1v) is 34.7. The minimum Gasteiger partial charge on any atom is -0.507 e. The minimum atomic E-state index is -0.469. The van der Waals surface area contributed by atoms with Crippen LogP contribution in [0.25, 0.3) is 0 Å². The van der Waals surface area contributed by atoms with Crippen LogP contribution in [-0.2, 0) is 94.7 Å². The molecule has 8 aromatic carbocycles. The summed E-state index contributed by atoms with van der Waals surface area (Å²) in [6, 6.07) is 33.2. The number of phenolic OH excluding ortho intramolecular Hbond substituents is 8. The predicted molar refractivity (Wildman–Crippen MR) is 397 cm³/mol. The van der Waals surface area contributed by atoms with Crippen LogP contribution >= 0.6 is 0 Å². The Hall–Kier alpha value is -7.84. The molecule has 8 aromatic rings. The highest BCUT2D eigenvalue weighted by molar-refractivity contribution is 5.61. The zero-order chi connectivity index (χ0) is 71.4. The summed E-state index contributed by atoms with van der Waals surface area (Å²) < 4.78 is 0. The molecule has 0 atom stereocenters. The van der Waals surface area contributed by atoms with Gasteiger partial charge in [0.25, 0.3) is 0 Å². The van der Waals surface area contributed by atoms with Crippen LogP contribution in [0.15, 0.2) is 97.1 Å². The van der Waals surface area contributed by atoms with E-state index in [9.17, 15) is 40.9 Å². The largest absolute Gasteiger partial charge is 0.507 e. The number of rotatable bonds is 0. The van der Waals surface area contributed by atoms with Crippen molar-refractivity contribution in [1.82, 2.24) is 0 Å². The first-order valence-electron chi connectivity index (χ1n) is 34.7. The predicted octanol–water partition coefficient (Wildman–Crippen LogP) is 20.8. The van der Waals surface area contributed by atoms with Crippen LogP contribution in [-0.4, -0.2) is 40.9 Å². The highest BCUT2D eigenvalue weighted by Gasteiger charge is 2.32. The van der Waals surface area contributed by atoms with Gasteiger partial charge >= 0.3 is 0 Å². The Labute approximate surface area is 575 Å². The Bertz CT molecular complexity index is 3490. The summed E-state index contributed by atoms with van der Waals surface area (Å²) in [4.78, 5) is 0. The third kappa shape index (κ3) is 15.6. The van der Waals surface area contributed by atoms with Gasteiger partial charge in [0.1, 0.15) is 46.0 Å². The SMILES string of the molecule is CC(C)(C)c1cc2cc(c1O)Cc1cc(cc(C(C)(C)C)c1O)Cc1cc(c(O)c(C(C)(C)C)c1)Cc1cc(cc(C(C)(C)C)c1O)Cc1cc(c(O)c(C(C)(C)C)c1)Cc1cc(cc(C(C)(C)C)c1O)Cc1cc(c(O)c(C(C)(C)C)c1)Cc1cc(cc(C(C)(C)C)c1O)C2. The van der Waals surface area contributed by atoms with Crippen molar-refractivity contribution in [2.75, 3.05) is 0 Å². The lowest BCUT2D eigenvalue weighted by Gasteiger charge is -2.27. The number of phenols is 8. The van der Waals surface area contributed by atoms with Crippen molar-refractivity contribution in [2.24, 2.45) is 0 Å². The van der Waals surface area contributed by atoms with Gasteiger partial charge in [0.05, 0.1) is 0 Å². The molecular weight excluding hydrogens is 1180 g/mol. The van der Waals surface area contributed by atoms with Crippen molar-refractivity contribution in [3.8, 4) is 46.0 Å². The smallest absolute Gasteiger partial charge is 0.122 e. The van der Waals surface area contributed by atoms with Gasteiger partial charge in [0.15, 0.2) is 0 Å². The molecule has 16 bridgehead atoms. The molecule has 0 saturated carbocycles. The summed E-state index contributed by atoms with van der Waals surface area (Å²) in [6.45, 7) is 50.4. The second-order valence-electron chi connectivity index (χ2n) is 36.6. The van der Waals surface area contributed by atoms with E-state index in [1.165, 1.54) is 0 Å². The molecule has 512 valence electrons. The molecular formula is C88H112O8. The first-order chi connectivity index (χ1) is 43.9. The number of aromatic hydroxyl groups is 8. The lowest BCUT2D eigenvalue weighted by Crippen LogP contribution is -2.16. The van der Waals surface area contributed by atoms with Gasteiger partial charge < -0.3 is 40.9 Å². The van der Waals surface area contributed by atoms with Crippen molar-refractivity contribution in [1.29, 1.82) is 0 Å². The molecule has 9 rings (SSSR count). The van der Waals surface area contributed by atoms with E-state index in [1.807, 2.05) is 0 Å². The van der Waals surface area contributed by atoms with Gasteiger partial charge in [-0.25, -0.2) is 0 Å². The molecule has 0 unspecified atom stereocenters. The Morgan fingerprint density at radius 2 is 0.250 bits per heavy atom. The van der Waals surface area contributed by atoms with Crippen molar-refractivity contribution in [2.45, 2.75) is 261 Å². The second-order valence-corrected chi connectivity index (χ2v) is 36.6. The van der Waals surface area contributed by atoms with Gasteiger partial charge in [-0.05, 0) is 203 Å². The van der Waals surface area contributed by atoms with E-state index < -0.39 is 43.3 Å². The Morgan fingerprint density at radius 1 is 0.156 bits per heavy atom. The number of hydrogen-bond acceptors (Lipinski definition) is 8. The Morgan fingerprint density at radius 3 is 0.333 bits per heavy atom. The van der Waals surface area contributed by atoms with Crippen molar-refractivity contribution < 1.29 is 40.9 Å². The molecule has 0 fully saturated rings. The topological polar surface area (TPSA) is 162 Å². The molecule has 0 spiro atoms. The maximum atomic E-state index is 12.5. The highest BCUT2D eigenvalue weighted by atomic mass is 16.3. The minimum absolute atomic E-state index is 0.179. The van der Waals surface area contributed by atoms with E-state index in [-0.39, 0.29) is 71.7 Å². The summed E-state index contributed by atoms with van der Waals surface area (Å²) in [6.07, 6.45) is 2.78. The molecule has 8 nitrogen and oxygen atoms in total. The molecule has 1 aliphatic rings. The second kappa shape index (κ2) is 25.2. The molecule has 8 heteroatoms. The van der Waals surface area contributed by atoms with E-state index in [4.69, 9.17) is 0 Å². The van der Waals surface area contributed by atoms with Gasteiger partial charge in [-0.3, -0.25) is 0 Å². The average molecular weight is 1300 g/mol. The van der Waals surface area contributed by atoms with E-state index >= 15 is 0 Å². The van der Waals surface area contributed by atoms with Gasteiger partial charge in [0.2, 0.25) is 0 Å². The van der Waals surface area contributed by atoms with Crippen LogP contribution in [0.4, 0.5) is 0 Å². The van der Waals surface area contributed by atoms with E-state index in [2.05, 4.69) is 263 Å². The van der Waals surface area contributed by atoms with Gasteiger partial charge in [-0.2, -0.15) is 0 Å². The maximum Gasteiger partial charge on any atom is 0.122 e. The summed E-state index contributed by atoms with van der Waals surface area (Å²) in [5, 5.41) is 100. The van der Waals surface area contributed by atoms with E-state index in [0.717, 1.165) is 89.0 Å². The zero-order valence-corrected chi connectivity index (χ0v) is 62.5. The van der Waals surface area contributed by atoms with Crippen LogP contribution in [0.1, 0.15) is 300 Å². The maximum absolute atomic E-state index is 12.5. The Kier molecular flexibility index (Phi) is 19.0. The molecule has 0 amide bonds. The molecule has 96 heavy (non-hydrogen) atoms. The molecule has 0 heterocycles. The Balaban J connectivity index is 1.33. The summed E-state index contributed by atoms with van der Waals surface area (Å²) in [5.41, 5.74) is 15.6. The van der Waals surface area contributed by atoms with Gasteiger partial charge in [-0.15, -0.1) is 0 Å². The molecule has 0 aliphatic heterocycles. The lowest BCUT2D eigenvalue weighted by atomic mass is 9.79. The number of benzene rings is 8. The molecule has 1 aliphatic carbocycles. The highest BCUT2D eigenvalue weighted by Crippen LogP contribution is 2.47.